The van der Waals surface area contributed by atoms with E-state index in [0.29, 0.717) is 0 Å². The van der Waals surface area contributed by atoms with Gasteiger partial charge in [0.1, 0.15) is 0 Å². The molecule has 1 heterocycles. The molecular weight excluding hydrogens is 152 g/mol. The number of aromatic nitrogens is 1. The van der Waals surface area contributed by atoms with E-state index >= 15 is 0 Å². The van der Waals surface area contributed by atoms with Crippen LogP contribution in [-0.4, -0.2) is 5.90 Å². The number of pyridine rings is 1. The summed E-state index contributed by atoms with van der Waals surface area (Å²) in [6.45, 7) is 1.78. The molecule has 0 N–H and O–H groups in total. The first-order valence-corrected chi connectivity index (χ1v) is 3.68. The van der Waals surface area contributed by atoms with E-state index in [2.05, 4.69) is 5.10 Å². The van der Waals surface area contributed by atoms with E-state index in [1.807, 2.05) is 18.2 Å². The third kappa shape index (κ3) is 2.54. The van der Waals surface area contributed by atoms with Crippen LogP contribution in [0.15, 0.2) is 47.8 Å². The Balaban J connectivity index is 2.81. The predicted octanol–water partition coefficient (Wildman–Crippen LogP) is 0.0721. The minimum atomic E-state index is -0.256. The average Bonchev–Trinajstić information content (AvgIpc) is 2.06. The number of hydrogen-bond acceptors (Lipinski definition) is 2. The highest BCUT2D eigenvalue weighted by molar-refractivity contribution is 5.82. The Bertz CT molecular complexity index is 291. The number of hydrogen-bond donors (Lipinski definition) is 0. The van der Waals surface area contributed by atoms with Crippen molar-refractivity contribution in [2.45, 2.75) is 6.92 Å². The lowest BCUT2D eigenvalue weighted by Crippen LogP contribution is -2.31. The van der Waals surface area contributed by atoms with Gasteiger partial charge in [0.05, 0.1) is 5.90 Å². The summed E-state index contributed by atoms with van der Waals surface area (Å²) in [6.07, 6.45) is 6.50. The molecule has 0 unspecified atom stereocenters. The van der Waals surface area contributed by atoms with Gasteiger partial charge < -0.3 is 5.11 Å². The third-order valence-corrected chi connectivity index (χ3v) is 1.22. The van der Waals surface area contributed by atoms with Crippen LogP contribution >= 0.6 is 0 Å². The van der Waals surface area contributed by atoms with Crippen molar-refractivity contribution in [1.29, 1.82) is 0 Å². The van der Waals surface area contributed by atoms with Crippen LogP contribution in [0.2, 0.25) is 0 Å². The van der Waals surface area contributed by atoms with Crippen molar-refractivity contribution in [1.82, 2.24) is 0 Å². The molecule has 0 saturated heterocycles. The van der Waals surface area contributed by atoms with Gasteiger partial charge in [-0.3, -0.25) is 0 Å². The van der Waals surface area contributed by atoms with E-state index in [0.717, 1.165) is 0 Å². The first-order valence-electron chi connectivity index (χ1n) is 3.68. The fraction of sp³-hybridized carbons (Fsp3) is 0.111. The van der Waals surface area contributed by atoms with Crippen molar-refractivity contribution in [3.63, 3.8) is 0 Å². The van der Waals surface area contributed by atoms with E-state index < -0.39 is 0 Å². The first-order chi connectivity index (χ1) is 5.83. The summed E-state index contributed by atoms with van der Waals surface area (Å²) in [6, 6.07) is 5.49. The zero-order chi connectivity index (χ0) is 8.81. The zero-order valence-corrected chi connectivity index (χ0v) is 6.84. The SMILES string of the molecule is C/C=C/C([O-])=N\[n+]1ccccc1. The van der Waals surface area contributed by atoms with Gasteiger partial charge in [0.25, 0.3) is 0 Å². The number of rotatable bonds is 2. The zero-order valence-electron chi connectivity index (χ0n) is 6.84. The highest BCUT2D eigenvalue weighted by atomic mass is 16.3. The van der Waals surface area contributed by atoms with Gasteiger partial charge in [-0.05, 0) is 18.1 Å². The van der Waals surface area contributed by atoms with E-state index in [9.17, 15) is 5.11 Å². The van der Waals surface area contributed by atoms with Gasteiger partial charge >= 0.3 is 0 Å². The number of nitrogens with zero attached hydrogens (tertiary/aromatic N) is 2. The second kappa shape index (κ2) is 4.28. The fourth-order valence-electron chi connectivity index (χ4n) is 0.746. The maximum atomic E-state index is 10.9. The van der Waals surface area contributed by atoms with E-state index in [4.69, 9.17) is 0 Å². The summed E-state index contributed by atoms with van der Waals surface area (Å²) >= 11 is 0. The lowest BCUT2D eigenvalue weighted by molar-refractivity contribution is -0.681. The summed E-state index contributed by atoms with van der Waals surface area (Å²) < 4.78 is 1.47. The second-order valence-electron chi connectivity index (χ2n) is 2.19. The smallest absolute Gasteiger partial charge is 0.202 e. The summed E-state index contributed by atoms with van der Waals surface area (Å²) in [7, 11) is 0. The van der Waals surface area contributed by atoms with E-state index in [1.165, 1.54) is 10.8 Å². The van der Waals surface area contributed by atoms with Crippen molar-refractivity contribution >= 4 is 5.90 Å². The largest absolute Gasteiger partial charge is 0.855 e. The lowest BCUT2D eigenvalue weighted by Gasteiger charge is -1.97. The van der Waals surface area contributed by atoms with Crippen LogP contribution in [0, 0.1) is 0 Å². The normalized spacial score (nSPS) is 12.2. The highest BCUT2D eigenvalue weighted by Crippen LogP contribution is 1.77. The molecule has 0 amide bonds. The van der Waals surface area contributed by atoms with Gasteiger partial charge in [-0.2, -0.15) is 0 Å². The van der Waals surface area contributed by atoms with Crippen LogP contribution < -0.4 is 9.78 Å². The molecule has 0 spiro atoms. The summed E-state index contributed by atoms with van der Waals surface area (Å²) in [5.41, 5.74) is 0. The molecule has 0 aliphatic rings. The molecule has 3 nitrogen and oxygen atoms in total. The molecule has 0 atom stereocenters. The van der Waals surface area contributed by atoms with Gasteiger partial charge in [-0.1, -0.05) is 16.8 Å². The minimum absolute atomic E-state index is 0.256. The van der Waals surface area contributed by atoms with E-state index in [-0.39, 0.29) is 5.90 Å². The van der Waals surface area contributed by atoms with Gasteiger partial charge in [0.15, 0.2) is 0 Å². The van der Waals surface area contributed by atoms with Crippen LogP contribution in [0.4, 0.5) is 0 Å². The topological polar surface area (TPSA) is 39.3 Å². The molecule has 1 aromatic heterocycles. The van der Waals surface area contributed by atoms with Crippen LogP contribution in [-0.2, 0) is 0 Å². The molecule has 0 aromatic carbocycles. The Morgan fingerprint density at radius 1 is 1.33 bits per heavy atom. The Morgan fingerprint density at radius 3 is 2.58 bits per heavy atom. The van der Waals surface area contributed by atoms with Crippen LogP contribution in [0.3, 0.4) is 0 Å². The second-order valence-corrected chi connectivity index (χ2v) is 2.19. The molecule has 0 radical (unpaired) electrons. The van der Waals surface area contributed by atoms with Gasteiger partial charge in [0, 0.05) is 12.1 Å². The molecule has 3 heteroatoms. The molecule has 0 aliphatic heterocycles. The van der Waals surface area contributed by atoms with Crippen molar-refractivity contribution in [3.05, 3.63) is 42.7 Å². The summed E-state index contributed by atoms with van der Waals surface area (Å²) in [5.74, 6) is -0.256. The maximum absolute atomic E-state index is 10.9. The monoisotopic (exact) mass is 162 g/mol. The van der Waals surface area contributed by atoms with Crippen molar-refractivity contribution < 1.29 is 9.78 Å². The molecule has 62 valence electrons. The fourth-order valence-corrected chi connectivity index (χ4v) is 0.746. The Morgan fingerprint density at radius 2 is 2.00 bits per heavy atom. The Hall–Kier alpha value is -1.64. The number of allylic oxidation sites excluding steroid dienone is 1. The molecule has 0 fully saturated rings. The standard InChI is InChI=1S/C9H10N2O/c1-2-6-9(12)10-11-7-4-3-5-8-11/h2-8H,1H3/b6-2+. The summed E-state index contributed by atoms with van der Waals surface area (Å²) in [4.78, 5) is 0. The Labute approximate surface area is 71.3 Å². The molecule has 0 saturated carbocycles. The van der Waals surface area contributed by atoms with Crippen LogP contribution in [0.1, 0.15) is 6.92 Å². The molecule has 1 aromatic rings. The molecule has 0 bridgehead atoms. The average molecular weight is 162 g/mol. The van der Waals surface area contributed by atoms with Gasteiger partial charge in [0.2, 0.25) is 12.4 Å². The first kappa shape index (κ1) is 8.46. The third-order valence-electron chi connectivity index (χ3n) is 1.22. The maximum Gasteiger partial charge on any atom is 0.202 e. The van der Waals surface area contributed by atoms with Crippen LogP contribution in [0.25, 0.3) is 0 Å². The lowest BCUT2D eigenvalue weighted by atomic mass is 10.5. The van der Waals surface area contributed by atoms with Gasteiger partial charge in [-0.15, -0.1) is 0 Å². The van der Waals surface area contributed by atoms with Crippen molar-refractivity contribution in [2.75, 3.05) is 0 Å². The van der Waals surface area contributed by atoms with Gasteiger partial charge in [-0.25, -0.2) is 0 Å². The van der Waals surface area contributed by atoms with Crippen molar-refractivity contribution in [3.8, 4) is 0 Å². The predicted molar refractivity (Wildman–Crippen MR) is 44.3 cm³/mol. The van der Waals surface area contributed by atoms with E-state index in [1.54, 1.807) is 25.4 Å². The Kier molecular flexibility index (Phi) is 3.02. The van der Waals surface area contributed by atoms with Crippen LogP contribution in [0.5, 0.6) is 0 Å². The summed E-state index contributed by atoms with van der Waals surface area (Å²) in [5, 5.41) is 14.7. The molecular formula is C9H10N2O. The molecule has 0 aliphatic carbocycles. The molecule has 12 heavy (non-hydrogen) atoms. The van der Waals surface area contributed by atoms with Crippen molar-refractivity contribution in [2.24, 2.45) is 5.10 Å². The highest BCUT2D eigenvalue weighted by Gasteiger charge is 1.89. The molecule has 1 rings (SSSR count). The minimum Gasteiger partial charge on any atom is -0.855 e. The quantitative estimate of drug-likeness (QED) is 0.344.